The average Bonchev–Trinajstić information content (AvgIpc) is 2.29. The van der Waals surface area contributed by atoms with Crippen LogP contribution < -0.4 is 5.73 Å². The fourth-order valence-electron chi connectivity index (χ4n) is 4.35. The second-order valence-electron chi connectivity index (χ2n) is 7.24. The summed E-state index contributed by atoms with van der Waals surface area (Å²) in [4.78, 5) is 0. The van der Waals surface area contributed by atoms with Gasteiger partial charge in [0.25, 0.3) is 0 Å². The van der Waals surface area contributed by atoms with Gasteiger partial charge >= 0.3 is 0 Å². The molecule has 0 spiro atoms. The topological polar surface area (TPSA) is 26.0 Å². The molecule has 0 aromatic rings. The zero-order valence-corrected chi connectivity index (χ0v) is 12.2. The van der Waals surface area contributed by atoms with E-state index >= 15 is 0 Å². The Balaban J connectivity index is 2.09. The van der Waals surface area contributed by atoms with Gasteiger partial charge in [0.05, 0.1) is 0 Å². The number of hydrogen-bond acceptors (Lipinski definition) is 1. The van der Waals surface area contributed by atoms with Gasteiger partial charge in [0, 0.05) is 5.54 Å². The smallest absolute Gasteiger partial charge is 0.0211 e. The summed E-state index contributed by atoms with van der Waals surface area (Å²) in [5.41, 5.74) is 7.02. The van der Waals surface area contributed by atoms with Crippen LogP contribution in [0.2, 0.25) is 0 Å². The second-order valence-corrected chi connectivity index (χ2v) is 7.24. The Bertz CT molecular complexity index is 262. The van der Waals surface area contributed by atoms with Crippen LogP contribution in [-0.2, 0) is 0 Å². The molecule has 2 aliphatic rings. The van der Waals surface area contributed by atoms with E-state index < -0.39 is 0 Å². The quantitative estimate of drug-likeness (QED) is 0.726. The van der Waals surface area contributed by atoms with E-state index in [4.69, 9.17) is 5.73 Å². The van der Waals surface area contributed by atoms with Crippen molar-refractivity contribution in [3.8, 4) is 0 Å². The molecular weight excluding hydrogens is 206 g/mol. The minimum atomic E-state index is 0.145. The number of rotatable bonds is 1. The van der Waals surface area contributed by atoms with Crippen LogP contribution in [0.5, 0.6) is 0 Å². The van der Waals surface area contributed by atoms with Crippen molar-refractivity contribution in [2.45, 2.75) is 71.8 Å². The van der Waals surface area contributed by atoms with Gasteiger partial charge in [0.2, 0.25) is 0 Å². The first kappa shape index (κ1) is 13.4. The summed E-state index contributed by atoms with van der Waals surface area (Å²) >= 11 is 0. The molecule has 0 radical (unpaired) electrons. The standard InChI is InChI=1S/C16H31N/c1-11-7-8-15(10-13(11)3)16(17)9-5-6-12(2)14(16)4/h11-15H,5-10,17H2,1-4H3. The lowest BCUT2D eigenvalue weighted by Gasteiger charge is -2.51. The minimum Gasteiger partial charge on any atom is -0.325 e. The maximum atomic E-state index is 6.88. The maximum Gasteiger partial charge on any atom is 0.0211 e. The van der Waals surface area contributed by atoms with Gasteiger partial charge in [-0.25, -0.2) is 0 Å². The second kappa shape index (κ2) is 4.91. The zero-order chi connectivity index (χ0) is 12.6. The minimum absolute atomic E-state index is 0.145. The summed E-state index contributed by atoms with van der Waals surface area (Å²) in [5.74, 6) is 4.10. The molecule has 6 unspecified atom stereocenters. The number of hydrogen-bond donors (Lipinski definition) is 1. The molecule has 1 nitrogen and oxygen atoms in total. The molecule has 0 aromatic carbocycles. The molecule has 1 heteroatoms. The molecule has 0 amide bonds. The first-order chi connectivity index (χ1) is 7.95. The predicted molar refractivity (Wildman–Crippen MR) is 74.8 cm³/mol. The molecule has 0 heterocycles. The summed E-state index contributed by atoms with van der Waals surface area (Å²) in [7, 11) is 0. The average molecular weight is 237 g/mol. The fourth-order valence-corrected chi connectivity index (χ4v) is 4.35. The van der Waals surface area contributed by atoms with Crippen LogP contribution in [0.1, 0.15) is 66.2 Å². The Morgan fingerprint density at radius 1 is 0.882 bits per heavy atom. The van der Waals surface area contributed by atoms with Crippen molar-refractivity contribution in [1.29, 1.82) is 0 Å². The molecule has 2 saturated carbocycles. The van der Waals surface area contributed by atoms with Crippen LogP contribution >= 0.6 is 0 Å². The van der Waals surface area contributed by atoms with Crippen molar-refractivity contribution in [2.75, 3.05) is 0 Å². The van der Waals surface area contributed by atoms with Gasteiger partial charge in [-0.15, -0.1) is 0 Å². The van der Waals surface area contributed by atoms with E-state index in [1.54, 1.807) is 0 Å². The summed E-state index contributed by atoms with van der Waals surface area (Å²) in [6, 6.07) is 0. The van der Waals surface area contributed by atoms with Crippen LogP contribution in [0.3, 0.4) is 0 Å². The largest absolute Gasteiger partial charge is 0.325 e. The van der Waals surface area contributed by atoms with Crippen LogP contribution in [-0.4, -0.2) is 5.54 Å². The monoisotopic (exact) mass is 237 g/mol. The third-order valence-corrected chi connectivity index (χ3v) is 6.33. The Kier molecular flexibility index (Phi) is 3.87. The van der Waals surface area contributed by atoms with E-state index in [2.05, 4.69) is 27.7 Å². The van der Waals surface area contributed by atoms with Crippen LogP contribution in [0.15, 0.2) is 0 Å². The molecule has 0 bridgehead atoms. The SMILES string of the molecule is CC1CCC(C2(N)CCCC(C)C2C)CC1C. The third-order valence-electron chi connectivity index (χ3n) is 6.33. The Hall–Kier alpha value is -0.0400. The van der Waals surface area contributed by atoms with E-state index in [1.165, 1.54) is 38.5 Å². The van der Waals surface area contributed by atoms with E-state index in [-0.39, 0.29) is 5.54 Å². The van der Waals surface area contributed by atoms with Crippen molar-refractivity contribution >= 4 is 0 Å². The Labute approximate surface area is 108 Å². The van der Waals surface area contributed by atoms with Gasteiger partial charge in [-0.3, -0.25) is 0 Å². The van der Waals surface area contributed by atoms with Crippen LogP contribution in [0.25, 0.3) is 0 Å². The van der Waals surface area contributed by atoms with E-state index in [1.807, 2.05) is 0 Å². The summed E-state index contributed by atoms with van der Waals surface area (Å²) in [6.45, 7) is 9.65. The first-order valence-electron chi connectivity index (χ1n) is 7.74. The zero-order valence-electron chi connectivity index (χ0n) is 12.2. The van der Waals surface area contributed by atoms with Gasteiger partial charge < -0.3 is 5.73 Å². The lowest BCUT2D eigenvalue weighted by Crippen LogP contribution is -2.57. The molecule has 2 aliphatic carbocycles. The fraction of sp³-hybridized carbons (Fsp3) is 1.00. The molecule has 2 N–H and O–H groups in total. The first-order valence-corrected chi connectivity index (χ1v) is 7.74. The molecule has 0 aliphatic heterocycles. The van der Waals surface area contributed by atoms with Crippen molar-refractivity contribution < 1.29 is 0 Å². The molecule has 0 aromatic heterocycles. The molecular formula is C16H31N. The van der Waals surface area contributed by atoms with Crippen molar-refractivity contribution in [2.24, 2.45) is 35.3 Å². The van der Waals surface area contributed by atoms with Gasteiger partial charge in [-0.2, -0.15) is 0 Å². The molecule has 0 saturated heterocycles. The van der Waals surface area contributed by atoms with Crippen molar-refractivity contribution in [3.63, 3.8) is 0 Å². The van der Waals surface area contributed by atoms with Crippen molar-refractivity contribution in [3.05, 3.63) is 0 Å². The lowest BCUT2D eigenvalue weighted by atomic mass is 9.58. The Morgan fingerprint density at radius 2 is 1.59 bits per heavy atom. The van der Waals surface area contributed by atoms with Gasteiger partial charge in [-0.1, -0.05) is 47.0 Å². The van der Waals surface area contributed by atoms with Crippen LogP contribution in [0, 0.1) is 29.6 Å². The predicted octanol–water partition coefficient (Wildman–Crippen LogP) is 4.21. The molecule has 2 fully saturated rings. The lowest BCUT2D eigenvalue weighted by molar-refractivity contribution is 0.0409. The summed E-state index contributed by atoms with van der Waals surface area (Å²) < 4.78 is 0. The van der Waals surface area contributed by atoms with E-state index in [9.17, 15) is 0 Å². The van der Waals surface area contributed by atoms with Crippen molar-refractivity contribution in [1.82, 2.24) is 0 Å². The Morgan fingerprint density at radius 3 is 2.24 bits per heavy atom. The van der Waals surface area contributed by atoms with Crippen LogP contribution in [0.4, 0.5) is 0 Å². The molecule has 17 heavy (non-hydrogen) atoms. The van der Waals surface area contributed by atoms with Gasteiger partial charge in [0.1, 0.15) is 0 Å². The summed E-state index contributed by atoms with van der Waals surface area (Å²) in [5, 5.41) is 0. The van der Waals surface area contributed by atoms with E-state index in [0.29, 0.717) is 5.92 Å². The highest BCUT2D eigenvalue weighted by atomic mass is 14.8. The highest BCUT2D eigenvalue weighted by Crippen LogP contribution is 2.47. The highest BCUT2D eigenvalue weighted by molar-refractivity contribution is 5.01. The molecule has 6 atom stereocenters. The maximum absolute atomic E-state index is 6.88. The van der Waals surface area contributed by atoms with E-state index in [0.717, 1.165) is 23.7 Å². The van der Waals surface area contributed by atoms with Gasteiger partial charge in [0.15, 0.2) is 0 Å². The molecule has 100 valence electrons. The molecule has 2 rings (SSSR count). The van der Waals surface area contributed by atoms with Gasteiger partial charge in [-0.05, 0) is 48.9 Å². The third kappa shape index (κ3) is 2.41. The number of nitrogens with two attached hydrogens (primary N) is 1. The summed E-state index contributed by atoms with van der Waals surface area (Å²) in [6.07, 6.45) is 8.14. The normalized spacial score (nSPS) is 52.4. The highest BCUT2D eigenvalue weighted by Gasteiger charge is 2.45.